The summed E-state index contributed by atoms with van der Waals surface area (Å²) in [7, 11) is 0. The first-order chi connectivity index (χ1) is 9.94. The molecule has 114 valence electrons. The summed E-state index contributed by atoms with van der Waals surface area (Å²) in [6.45, 7) is 3.90. The Morgan fingerprint density at radius 3 is 2.76 bits per heavy atom. The second-order valence-electron chi connectivity index (χ2n) is 5.73. The third-order valence-corrected chi connectivity index (χ3v) is 4.46. The first kappa shape index (κ1) is 14.4. The summed E-state index contributed by atoms with van der Waals surface area (Å²) >= 11 is 0. The van der Waals surface area contributed by atoms with Crippen LogP contribution in [0, 0.1) is 0 Å². The molecule has 0 aliphatic carbocycles. The summed E-state index contributed by atoms with van der Waals surface area (Å²) in [6, 6.07) is 3.67. The highest BCUT2D eigenvalue weighted by Crippen LogP contribution is 2.35. The molecule has 1 aliphatic heterocycles. The molecule has 0 saturated carbocycles. The largest absolute Gasteiger partial charge is 0.416 e. The van der Waals surface area contributed by atoms with Crippen molar-refractivity contribution in [2.75, 3.05) is 13.1 Å². The van der Waals surface area contributed by atoms with Gasteiger partial charge in [-0.3, -0.25) is 0 Å². The summed E-state index contributed by atoms with van der Waals surface area (Å²) in [5.41, 5.74) is 0.308. The Morgan fingerprint density at radius 1 is 1.33 bits per heavy atom. The number of fused-ring (bicyclic) bond motifs is 1. The van der Waals surface area contributed by atoms with E-state index < -0.39 is 11.7 Å². The van der Waals surface area contributed by atoms with Gasteiger partial charge in [-0.1, -0.05) is 6.92 Å². The van der Waals surface area contributed by atoms with Gasteiger partial charge in [0.15, 0.2) is 0 Å². The lowest BCUT2D eigenvalue weighted by Gasteiger charge is -2.35. The third kappa shape index (κ3) is 2.52. The molecule has 3 rings (SSSR count). The van der Waals surface area contributed by atoms with Crippen molar-refractivity contribution >= 4 is 11.0 Å². The molecule has 6 heteroatoms. The fourth-order valence-corrected chi connectivity index (χ4v) is 3.08. The van der Waals surface area contributed by atoms with Crippen LogP contribution < -0.4 is 5.32 Å². The van der Waals surface area contributed by atoms with Crippen LogP contribution in [-0.2, 0) is 11.6 Å². The molecule has 2 heterocycles. The van der Waals surface area contributed by atoms with E-state index in [9.17, 15) is 13.2 Å². The molecule has 1 aliphatic rings. The molecule has 1 aromatic heterocycles. The normalized spacial score (nSPS) is 23.6. The Balaban J connectivity index is 2.04. The van der Waals surface area contributed by atoms with E-state index in [1.54, 1.807) is 0 Å². The highest BCUT2D eigenvalue weighted by Gasteiger charge is 2.36. The van der Waals surface area contributed by atoms with E-state index in [2.05, 4.69) is 22.2 Å². The van der Waals surface area contributed by atoms with Crippen molar-refractivity contribution in [3.63, 3.8) is 0 Å². The van der Waals surface area contributed by atoms with E-state index in [0.717, 1.165) is 50.3 Å². The molecule has 1 fully saturated rings. The van der Waals surface area contributed by atoms with Gasteiger partial charge in [-0.25, -0.2) is 4.98 Å². The number of imidazole rings is 1. The number of nitrogens with one attached hydrogen (secondary N) is 2. The van der Waals surface area contributed by atoms with Crippen LogP contribution in [0.25, 0.3) is 11.0 Å². The molecule has 0 amide bonds. The molecular formula is C15H18F3N3. The lowest BCUT2D eigenvalue weighted by Crippen LogP contribution is -2.43. The number of benzene rings is 1. The second-order valence-corrected chi connectivity index (χ2v) is 5.73. The maximum atomic E-state index is 12.8. The van der Waals surface area contributed by atoms with Crippen molar-refractivity contribution < 1.29 is 13.2 Å². The van der Waals surface area contributed by atoms with Gasteiger partial charge in [0, 0.05) is 12.0 Å². The molecule has 2 N–H and O–H groups in total. The standard InChI is InChI=1S/C15H18F3N3/c1-2-14(6-3-7-19-9-14)13-20-11-5-4-10(15(16,17)18)8-12(11)21-13/h4-5,8,19H,2-3,6-7,9H2,1H3,(H,20,21). The fraction of sp³-hybridized carbons (Fsp3) is 0.533. The fourth-order valence-electron chi connectivity index (χ4n) is 3.08. The predicted octanol–water partition coefficient (Wildman–Crippen LogP) is 3.61. The number of H-pyrrole nitrogens is 1. The number of hydrogen-bond acceptors (Lipinski definition) is 2. The van der Waals surface area contributed by atoms with E-state index in [-0.39, 0.29) is 5.41 Å². The quantitative estimate of drug-likeness (QED) is 0.889. The lowest BCUT2D eigenvalue weighted by atomic mass is 9.77. The summed E-state index contributed by atoms with van der Waals surface area (Å²) in [6.07, 6.45) is -1.36. The minimum absolute atomic E-state index is 0.102. The lowest BCUT2D eigenvalue weighted by molar-refractivity contribution is -0.137. The van der Waals surface area contributed by atoms with Crippen molar-refractivity contribution in [1.29, 1.82) is 0 Å². The number of rotatable bonds is 2. The van der Waals surface area contributed by atoms with Crippen molar-refractivity contribution in [1.82, 2.24) is 15.3 Å². The molecule has 1 aromatic carbocycles. The zero-order chi connectivity index (χ0) is 15.1. The van der Waals surface area contributed by atoms with E-state index in [1.165, 1.54) is 6.07 Å². The van der Waals surface area contributed by atoms with Crippen molar-refractivity contribution in [2.45, 2.75) is 37.8 Å². The van der Waals surface area contributed by atoms with Crippen LogP contribution in [0.5, 0.6) is 0 Å². The van der Waals surface area contributed by atoms with Crippen LogP contribution in [-0.4, -0.2) is 23.1 Å². The molecule has 3 nitrogen and oxygen atoms in total. The third-order valence-electron chi connectivity index (χ3n) is 4.46. The van der Waals surface area contributed by atoms with Gasteiger partial charge in [0.1, 0.15) is 5.82 Å². The number of halogens is 3. The Morgan fingerprint density at radius 2 is 2.14 bits per heavy atom. The highest BCUT2D eigenvalue weighted by atomic mass is 19.4. The monoisotopic (exact) mass is 297 g/mol. The van der Waals surface area contributed by atoms with Gasteiger partial charge in [-0.2, -0.15) is 13.2 Å². The average Bonchev–Trinajstić information content (AvgIpc) is 2.90. The van der Waals surface area contributed by atoms with Crippen LogP contribution in [0.15, 0.2) is 18.2 Å². The highest BCUT2D eigenvalue weighted by molar-refractivity contribution is 5.76. The van der Waals surface area contributed by atoms with E-state index in [1.807, 2.05) is 0 Å². The topological polar surface area (TPSA) is 40.7 Å². The number of piperidine rings is 1. The smallest absolute Gasteiger partial charge is 0.341 e. The SMILES string of the molecule is CCC1(c2nc3ccc(C(F)(F)F)cc3[nH]2)CCCNC1. The zero-order valence-corrected chi connectivity index (χ0v) is 11.8. The molecule has 1 unspecified atom stereocenters. The Bertz CT molecular complexity index is 639. The number of aromatic nitrogens is 2. The van der Waals surface area contributed by atoms with Crippen molar-refractivity contribution in [2.24, 2.45) is 0 Å². The number of hydrogen-bond donors (Lipinski definition) is 2. The van der Waals surface area contributed by atoms with Crippen LogP contribution in [0.4, 0.5) is 13.2 Å². The Labute approximate surface area is 121 Å². The van der Waals surface area contributed by atoms with Crippen LogP contribution in [0.2, 0.25) is 0 Å². The molecule has 0 bridgehead atoms. The van der Waals surface area contributed by atoms with Gasteiger partial charge < -0.3 is 10.3 Å². The maximum Gasteiger partial charge on any atom is 0.416 e. The molecule has 2 aromatic rings. The van der Waals surface area contributed by atoms with Gasteiger partial charge in [-0.05, 0) is 44.0 Å². The Hall–Kier alpha value is -1.56. The Kier molecular flexibility index (Phi) is 3.43. The average molecular weight is 297 g/mol. The second kappa shape index (κ2) is 5.02. The minimum Gasteiger partial charge on any atom is -0.341 e. The summed E-state index contributed by atoms with van der Waals surface area (Å²) in [5, 5.41) is 3.37. The van der Waals surface area contributed by atoms with E-state index in [4.69, 9.17) is 0 Å². The van der Waals surface area contributed by atoms with Gasteiger partial charge in [0.2, 0.25) is 0 Å². The van der Waals surface area contributed by atoms with Crippen molar-refractivity contribution in [3.8, 4) is 0 Å². The van der Waals surface area contributed by atoms with Crippen LogP contribution in [0.3, 0.4) is 0 Å². The van der Waals surface area contributed by atoms with Gasteiger partial charge in [0.25, 0.3) is 0 Å². The first-order valence-electron chi connectivity index (χ1n) is 7.23. The van der Waals surface area contributed by atoms with Crippen LogP contribution >= 0.6 is 0 Å². The number of nitrogens with zero attached hydrogens (tertiary/aromatic N) is 1. The van der Waals surface area contributed by atoms with E-state index >= 15 is 0 Å². The van der Waals surface area contributed by atoms with Gasteiger partial charge >= 0.3 is 6.18 Å². The summed E-state index contributed by atoms with van der Waals surface area (Å²) in [5.74, 6) is 0.798. The molecule has 1 saturated heterocycles. The van der Waals surface area contributed by atoms with Crippen molar-refractivity contribution in [3.05, 3.63) is 29.6 Å². The van der Waals surface area contributed by atoms with Gasteiger partial charge in [0.05, 0.1) is 16.6 Å². The summed E-state index contributed by atoms with van der Waals surface area (Å²) < 4.78 is 38.3. The molecule has 0 radical (unpaired) electrons. The van der Waals surface area contributed by atoms with E-state index in [0.29, 0.717) is 11.0 Å². The maximum absolute atomic E-state index is 12.8. The molecule has 1 atom stereocenters. The minimum atomic E-state index is -4.33. The van der Waals surface area contributed by atoms with Gasteiger partial charge in [-0.15, -0.1) is 0 Å². The zero-order valence-electron chi connectivity index (χ0n) is 11.8. The molecule has 21 heavy (non-hydrogen) atoms. The predicted molar refractivity (Wildman–Crippen MR) is 75.2 cm³/mol. The molecule has 0 spiro atoms. The summed E-state index contributed by atoms with van der Waals surface area (Å²) in [4.78, 5) is 7.66. The number of alkyl halides is 3. The van der Waals surface area contributed by atoms with Crippen LogP contribution in [0.1, 0.15) is 37.6 Å². The first-order valence-corrected chi connectivity index (χ1v) is 7.23. The number of aromatic amines is 1. The molecular weight excluding hydrogens is 279 g/mol.